The summed E-state index contributed by atoms with van der Waals surface area (Å²) in [7, 11) is 1.59. The maximum Gasteiger partial charge on any atom is 0.230 e. The minimum absolute atomic E-state index is 0.0316. The van der Waals surface area contributed by atoms with Gasteiger partial charge in [0.1, 0.15) is 23.8 Å². The number of aromatic amines is 1. The second-order valence-corrected chi connectivity index (χ2v) is 14.1. The second kappa shape index (κ2) is 13.8. The molecule has 4 aromatic rings. The third-order valence-corrected chi connectivity index (χ3v) is 8.30. The van der Waals surface area contributed by atoms with Crippen molar-refractivity contribution in [3.05, 3.63) is 66.1 Å². The van der Waals surface area contributed by atoms with Crippen molar-refractivity contribution in [2.24, 2.45) is 16.7 Å². The van der Waals surface area contributed by atoms with Crippen LogP contribution in [-0.2, 0) is 11.2 Å². The number of anilines is 3. The first-order valence-corrected chi connectivity index (χ1v) is 15.9. The van der Waals surface area contributed by atoms with Gasteiger partial charge < -0.3 is 20.1 Å². The van der Waals surface area contributed by atoms with E-state index in [1.165, 1.54) is 18.8 Å². The number of fused-ring (bicyclic) bond motifs is 1. The van der Waals surface area contributed by atoms with Gasteiger partial charge in [0, 0.05) is 47.6 Å². The first-order valence-electron chi connectivity index (χ1n) is 15.9. The maximum absolute atomic E-state index is 13.5. The first kappa shape index (κ1) is 34.0. The van der Waals surface area contributed by atoms with Crippen LogP contribution in [0.5, 0.6) is 11.5 Å². The van der Waals surface area contributed by atoms with Crippen LogP contribution in [0.1, 0.15) is 60.1 Å². The van der Waals surface area contributed by atoms with Crippen LogP contribution in [0.15, 0.2) is 42.7 Å². The average molecular weight is 649 g/mol. The van der Waals surface area contributed by atoms with Crippen molar-refractivity contribution in [2.75, 3.05) is 37.4 Å². The van der Waals surface area contributed by atoms with E-state index < -0.39 is 17.5 Å². The van der Waals surface area contributed by atoms with E-state index in [0.717, 1.165) is 37.7 Å². The van der Waals surface area contributed by atoms with E-state index in [-0.39, 0.29) is 22.9 Å². The lowest BCUT2D eigenvalue weighted by atomic mass is 9.69. The van der Waals surface area contributed by atoms with E-state index >= 15 is 0 Å². The van der Waals surface area contributed by atoms with Crippen LogP contribution in [0.3, 0.4) is 0 Å². The molecule has 5 rings (SSSR count). The molecule has 1 atom stereocenters. The van der Waals surface area contributed by atoms with Gasteiger partial charge in [-0.2, -0.15) is 5.10 Å². The van der Waals surface area contributed by atoms with Gasteiger partial charge in [0.15, 0.2) is 17.3 Å². The van der Waals surface area contributed by atoms with E-state index in [2.05, 4.69) is 77.2 Å². The van der Waals surface area contributed by atoms with Gasteiger partial charge in [-0.1, -0.05) is 41.5 Å². The predicted octanol–water partition coefficient (Wildman–Crippen LogP) is 7.28. The van der Waals surface area contributed by atoms with Crippen LogP contribution in [0.25, 0.3) is 10.9 Å². The molecule has 1 amide bonds. The molecule has 0 spiro atoms. The molecule has 2 aromatic carbocycles. The minimum Gasteiger partial charge on any atom is -0.493 e. The molecule has 10 nitrogen and oxygen atoms in total. The van der Waals surface area contributed by atoms with E-state index in [4.69, 9.17) is 9.47 Å². The second-order valence-electron chi connectivity index (χ2n) is 14.1. The molecule has 0 aliphatic carbocycles. The number of likely N-dealkylation sites (tertiary alicyclic amines) is 1. The lowest BCUT2D eigenvalue weighted by molar-refractivity contribution is -0.115. The topological polar surface area (TPSA) is 117 Å². The van der Waals surface area contributed by atoms with Crippen LogP contribution in [-0.4, -0.2) is 57.8 Å². The van der Waals surface area contributed by atoms with Crippen molar-refractivity contribution in [1.29, 1.82) is 0 Å². The number of rotatable bonds is 11. The number of carbonyl (C=O) groups is 1. The number of ether oxygens (including phenoxy) is 2. The highest BCUT2D eigenvalue weighted by Gasteiger charge is 2.46. The summed E-state index contributed by atoms with van der Waals surface area (Å²) in [6.07, 6.45) is 3.41. The Morgan fingerprint density at radius 2 is 1.77 bits per heavy atom. The number of benzene rings is 2. The molecule has 1 radical (unpaired) electrons. The number of nitrogens with zero attached hydrogens (tertiary/aromatic N) is 4. The summed E-state index contributed by atoms with van der Waals surface area (Å²) in [5, 5.41) is 13.4. The van der Waals surface area contributed by atoms with Gasteiger partial charge in [0.2, 0.25) is 5.91 Å². The Balaban J connectivity index is 1.21. The van der Waals surface area contributed by atoms with Gasteiger partial charge in [-0.15, -0.1) is 0 Å². The molecule has 47 heavy (non-hydrogen) atoms. The van der Waals surface area contributed by atoms with E-state index in [1.807, 2.05) is 12.1 Å². The highest BCUT2D eigenvalue weighted by Crippen LogP contribution is 2.50. The van der Waals surface area contributed by atoms with Gasteiger partial charge >= 0.3 is 0 Å². The van der Waals surface area contributed by atoms with Crippen LogP contribution >= 0.6 is 0 Å². The SMILES string of the molecule is COc1cc2c(Nc3cc(CC(=O)Nc4cc(F)cc(F)c4)[nH]n3)ncnc2cc1OCCCN1CCC(C(C)(C)C)[C]1C(C)(C)C. The number of nitrogens with one attached hydrogen (secondary N) is 3. The summed E-state index contributed by atoms with van der Waals surface area (Å²) < 4.78 is 38.8. The number of aromatic nitrogens is 4. The van der Waals surface area contributed by atoms with E-state index in [1.54, 1.807) is 13.2 Å². The smallest absolute Gasteiger partial charge is 0.230 e. The van der Waals surface area contributed by atoms with Gasteiger partial charge in [-0.3, -0.25) is 14.8 Å². The van der Waals surface area contributed by atoms with Crippen molar-refractivity contribution in [3.63, 3.8) is 0 Å². The van der Waals surface area contributed by atoms with Crippen LogP contribution in [0.2, 0.25) is 0 Å². The zero-order valence-electron chi connectivity index (χ0n) is 28.1. The molecule has 1 aliphatic rings. The van der Waals surface area contributed by atoms with Gasteiger partial charge in [0.25, 0.3) is 0 Å². The highest BCUT2D eigenvalue weighted by atomic mass is 19.1. The van der Waals surface area contributed by atoms with Gasteiger partial charge in [-0.05, 0) is 54.3 Å². The average Bonchev–Trinajstić information content (AvgIpc) is 3.61. The number of halogens is 2. The molecule has 1 unspecified atom stereocenters. The Morgan fingerprint density at radius 1 is 1.02 bits per heavy atom. The van der Waals surface area contributed by atoms with Crippen LogP contribution in [0.4, 0.5) is 26.1 Å². The van der Waals surface area contributed by atoms with Crippen molar-refractivity contribution in [1.82, 2.24) is 25.1 Å². The number of carbonyl (C=O) groups excluding carboxylic acids is 1. The fourth-order valence-corrected chi connectivity index (χ4v) is 6.35. The molecular weight excluding hydrogens is 604 g/mol. The standard InChI is InChI=1S/C35H44F2N7O3/c1-34(2,3)26-9-11-44(32(26)35(4,5)6)10-8-12-47-29-19-27-25(18-28(29)46-7)33(39-20-38-27)41-30-16-24(42-43-30)17-31(45)40-23-14-21(36)13-22(37)15-23/h13-16,18-20,26H,8-12,17H2,1-7H3,(H,40,45)(H2,38,39,41,42,43). The molecule has 0 bridgehead atoms. The molecule has 0 saturated carbocycles. The van der Waals surface area contributed by atoms with E-state index in [0.29, 0.717) is 52.3 Å². The zero-order valence-corrected chi connectivity index (χ0v) is 28.1. The Morgan fingerprint density at radius 3 is 2.45 bits per heavy atom. The quantitative estimate of drug-likeness (QED) is 0.145. The number of amides is 1. The zero-order chi connectivity index (χ0) is 33.9. The number of hydrogen-bond acceptors (Lipinski definition) is 8. The highest BCUT2D eigenvalue weighted by molar-refractivity contribution is 5.93. The monoisotopic (exact) mass is 648 g/mol. The first-order chi connectivity index (χ1) is 22.2. The van der Waals surface area contributed by atoms with Gasteiger partial charge in [0.05, 0.1) is 25.7 Å². The van der Waals surface area contributed by atoms with Crippen LogP contribution < -0.4 is 20.1 Å². The Labute approximate surface area is 274 Å². The molecule has 3 N–H and O–H groups in total. The molecule has 12 heteroatoms. The molecule has 3 heterocycles. The summed E-state index contributed by atoms with van der Waals surface area (Å²) in [6.45, 7) is 16.5. The van der Waals surface area contributed by atoms with Crippen molar-refractivity contribution in [2.45, 2.75) is 60.8 Å². The van der Waals surface area contributed by atoms with Crippen LogP contribution in [0, 0.1) is 34.4 Å². The normalized spacial score (nSPS) is 16.1. The van der Waals surface area contributed by atoms with Gasteiger partial charge in [-0.25, -0.2) is 18.7 Å². The fraction of sp³-hybridized carbons (Fsp3) is 0.457. The Bertz CT molecular complexity index is 1690. The minimum atomic E-state index is -0.777. The molecule has 2 aromatic heterocycles. The van der Waals surface area contributed by atoms with Crippen molar-refractivity contribution >= 4 is 34.1 Å². The number of hydrogen-bond donors (Lipinski definition) is 3. The Kier molecular flexibility index (Phi) is 10.00. The summed E-state index contributed by atoms with van der Waals surface area (Å²) in [5.41, 5.74) is 1.52. The molecule has 1 saturated heterocycles. The van der Waals surface area contributed by atoms with Crippen molar-refractivity contribution < 1.29 is 23.0 Å². The summed E-state index contributed by atoms with van der Waals surface area (Å²) in [5.74, 6) is 0.623. The Hall–Kier alpha value is -4.32. The number of H-pyrrole nitrogens is 1. The van der Waals surface area contributed by atoms with E-state index in [9.17, 15) is 13.6 Å². The summed E-state index contributed by atoms with van der Waals surface area (Å²) in [4.78, 5) is 23.8. The summed E-state index contributed by atoms with van der Waals surface area (Å²) >= 11 is 0. The predicted molar refractivity (Wildman–Crippen MR) is 179 cm³/mol. The molecular formula is C35H44F2N7O3. The molecule has 251 valence electrons. The lowest BCUT2D eigenvalue weighted by Gasteiger charge is -2.42. The largest absolute Gasteiger partial charge is 0.493 e. The third-order valence-electron chi connectivity index (χ3n) is 8.30. The maximum atomic E-state index is 13.5. The fourth-order valence-electron chi connectivity index (χ4n) is 6.35. The molecule has 1 aliphatic heterocycles. The third kappa shape index (κ3) is 8.34. The number of methoxy groups -OCH3 is 1. The molecule has 1 fully saturated rings. The lowest BCUT2D eigenvalue weighted by Crippen LogP contribution is -2.39. The van der Waals surface area contributed by atoms with Crippen molar-refractivity contribution in [3.8, 4) is 11.5 Å². The summed E-state index contributed by atoms with van der Waals surface area (Å²) in [6, 6.07) is 9.69.